The highest BCUT2D eigenvalue weighted by atomic mass is 35.5. The van der Waals surface area contributed by atoms with Crippen molar-refractivity contribution in [1.29, 1.82) is 0 Å². The summed E-state index contributed by atoms with van der Waals surface area (Å²) in [7, 11) is 0. The van der Waals surface area contributed by atoms with E-state index in [1.54, 1.807) is 42.5 Å². The molecule has 0 saturated heterocycles. The largest absolute Gasteiger partial charge is 0.317 e. The van der Waals surface area contributed by atoms with Gasteiger partial charge in [-0.25, -0.2) is 5.10 Å². The van der Waals surface area contributed by atoms with Gasteiger partial charge >= 0.3 is 0 Å². The van der Waals surface area contributed by atoms with Crippen LogP contribution >= 0.6 is 11.6 Å². The van der Waals surface area contributed by atoms with Gasteiger partial charge in [0.05, 0.1) is 11.9 Å². The first kappa shape index (κ1) is 21.5. The lowest BCUT2D eigenvalue weighted by Crippen LogP contribution is -2.38. The quantitative estimate of drug-likeness (QED) is 0.259. The summed E-state index contributed by atoms with van der Waals surface area (Å²) in [6, 6.07) is 17.9. The maximum atomic E-state index is 12.7. The Labute approximate surface area is 182 Å². The lowest BCUT2D eigenvalue weighted by Gasteiger charge is -2.12. The fraction of sp³-hybridized carbons (Fsp3) is 0. The smallest absolute Gasteiger partial charge is 0.286 e. The van der Waals surface area contributed by atoms with Gasteiger partial charge < -0.3 is 5.32 Å². The van der Waals surface area contributed by atoms with E-state index in [1.807, 2.05) is 30.3 Å². The van der Waals surface area contributed by atoms with Crippen molar-refractivity contribution in [2.45, 2.75) is 0 Å². The third-order valence-corrected chi connectivity index (χ3v) is 4.36. The van der Waals surface area contributed by atoms with E-state index in [2.05, 4.69) is 26.4 Å². The average Bonchev–Trinajstić information content (AvgIpc) is 2.80. The Bertz CT molecular complexity index is 1170. The second-order valence-electron chi connectivity index (χ2n) is 6.18. The van der Waals surface area contributed by atoms with Gasteiger partial charge in [-0.3, -0.25) is 25.2 Å². The Hall–Kier alpha value is -4.17. The number of nitrogens with one attached hydrogen (secondary N) is 4. The van der Waals surface area contributed by atoms with Crippen LogP contribution in [0.4, 0.5) is 5.69 Å². The number of hydrogen-bond donors (Lipinski definition) is 4. The summed E-state index contributed by atoms with van der Waals surface area (Å²) in [5.41, 5.74) is 5.70. The maximum absolute atomic E-state index is 12.7. The fourth-order valence-electron chi connectivity index (χ4n) is 2.44. The van der Waals surface area contributed by atoms with Crippen molar-refractivity contribution in [2.24, 2.45) is 0 Å². The van der Waals surface area contributed by atoms with Gasteiger partial charge in [0.1, 0.15) is 10.7 Å². The van der Waals surface area contributed by atoms with Crippen LogP contribution in [0.5, 0.6) is 0 Å². The van der Waals surface area contributed by atoms with Crippen molar-refractivity contribution in [2.75, 3.05) is 5.43 Å². The summed E-state index contributed by atoms with van der Waals surface area (Å²) in [5.74, 6) is -1.11. The maximum Gasteiger partial charge on any atom is 0.286 e. The minimum absolute atomic E-state index is 0.0255. The van der Waals surface area contributed by atoms with E-state index in [0.29, 0.717) is 5.56 Å². The SMILES string of the molecule is O=C(NNc1cn[nH]c(=O)c1Cl)C(=CC=Cc1ccccc1)NC(=O)c1ccccc1. The van der Waals surface area contributed by atoms with Crippen LogP contribution < -0.4 is 21.7 Å². The van der Waals surface area contributed by atoms with Crippen LogP contribution in [0.25, 0.3) is 6.08 Å². The first-order chi connectivity index (χ1) is 15.0. The highest BCUT2D eigenvalue weighted by molar-refractivity contribution is 6.32. The van der Waals surface area contributed by atoms with Crippen molar-refractivity contribution in [1.82, 2.24) is 20.9 Å². The molecule has 9 heteroatoms. The van der Waals surface area contributed by atoms with Gasteiger partial charge in [-0.2, -0.15) is 5.10 Å². The molecule has 0 aliphatic rings. The molecule has 0 aliphatic heterocycles. The Morgan fingerprint density at radius 1 is 1.00 bits per heavy atom. The number of carbonyl (C=O) groups is 2. The molecule has 0 fully saturated rings. The Morgan fingerprint density at radius 2 is 1.68 bits per heavy atom. The highest BCUT2D eigenvalue weighted by Crippen LogP contribution is 2.13. The van der Waals surface area contributed by atoms with Crippen LogP contribution in [0.15, 0.2) is 89.5 Å². The lowest BCUT2D eigenvalue weighted by molar-refractivity contribution is -0.117. The van der Waals surface area contributed by atoms with E-state index < -0.39 is 17.4 Å². The number of rotatable bonds is 7. The van der Waals surface area contributed by atoms with Gasteiger partial charge in [0.15, 0.2) is 0 Å². The minimum atomic E-state index is -0.654. The second kappa shape index (κ2) is 10.6. The van der Waals surface area contributed by atoms with Crippen LogP contribution in [0.1, 0.15) is 15.9 Å². The molecule has 8 nitrogen and oxygen atoms in total. The number of carbonyl (C=O) groups excluding carboxylic acids is 2. The highest BCUT2D eigenvalue weighted by Gasteiger charge is 2.14. The topological polar surface area (TPSA) is 116 Å². The zero-order chi connectivity index (χ0) is 22.1. The molecule has 0 unspecified atom stereocenters. The van der Waals surface area contributed by atoms with E-state index in [4.69, 9.17) is 11.6 Å². The van der Waals surface area contributed by atoms with Crippen molar-refractivity contribution in [3.05, 3.63) is 111 Å². The first-order valence-corrected chi connectivity index (χ1v) is 9.52. The third-order valence-electron chi connectivity index (χ3n) is 3.99. The molecule has 0 radical (unpaired) electrons. The molecule has 4 N–H and O–H groups in total. The van der Waals surface area contributed by atoms with Crippen LogP contribution in [0, 0.1) is 0 Å². The van der Waals surface area contributed by atoms with E-state index in [9.17, 15) is 14.4 Å². The Kier molecular flexibility index (Phi) is 7.34. The van der Waals surface area contributed by atoms with Gasteiger partial charge in [0, 0.05) is 5.56 Å². The number of nitrogens with zero attached hydrogens (tertiary/aromatic N) is 1. The summed E-state index contributed by atoms with van der Waals surface area (Å²) in [6.45, 7) is 0. The number of aromatic amines is 1. The lowest BCUT2D eigenvalue weighted by atomic mass is 10.2. The number of hydrazine groups is 1. The third kappa shape index (κ3) is 6.15. The number of benzene rings is 2. The number of amides is 2. The van der Waals surface area contributed by atoms with Crippen LogP contribution in [0.2, 0.25) is 5.02 Å². The average molecular weight is 436 g/mol. The molecule has 156 valence electrons. The Balaban J connectivity index is 1.78. The molecule has 31 heavy (non-hydrogen) atoms. The van der Waals surface area contributed by atoms with E-state index in [0.717, 1.165) is 5.56 Å². The van der Waals surface area contributed by atoms with E-state index in [1.165, 1.54) is 12.3 Å². The van der Waals surface area contributed by atoms with Gasteiger partial charge in [-0.05, 0) is 23.8 Å². The summed E-state index contributed by atoms with van der Waals surface area (Å²) in [4.78, 5) is 36.7. The minimum Gasteiger partial charge on any atom is -0.317 e. The molecular formula is C22H18ClN5O3. The van der Waals surface area contributed by atoms with Crippen molar-refractivity contribution >= 4 is 35.2 Å². The normalized spacial score (nSPS) is 11.2. The molecular weight excluding hydrogens is 418 g/mol. The molecule has 0 saturated carbocycles. The predicted molar refractivity (Wildman–Crippen MR) is 119 cm³/mol. The number of hydrogen-bond acceptors (Lipinski definition) is 5. The predicted octanol–water partition coefficient (Wildman–Crippen LogP) is 2.89. The molecule has 3 aromatic rings. The number of allylic oxidation sites excluding steroid dienone is 2. The van der Waals surface area contributed by atoms with E-state index in [-0.39, 0.29) is 16.4 Å². The molecule has 2 amide bonds. The second-order valence-corrected chi connectivity index (χ2v) is 6.55. The zero-order valence-electron chi connectivity index (χ0n) is 16.1. The summed E-state index contributed by atoms with van der Waals surface area (Å²) in [5, 5.41) is 8.19. The van der Waals surface area contributed by atoms with Crippen molar-refractivity contribution in [3.63, 3.8) is 0 Å². The standard InChI is InChI=1S/C22H18ClN5O3/c23-19-18(14-24-27-22(19)31)26-28-21(30)17(13-7-10-15-8-3-1-4-9-15)25-20(29)16-11-5-2-6-12-16/h1-14H,(H,25,29)(H,28,30)(H2,26,27,31). The van der Waals surface area contributed by atoms with Crippen LogP contribution in [0.3, 0.4) is 0 Å². The molecule has 0 aliphatic carbocycles. The van der Waals surface area contributed by atoms with Crippen molar-refractivity contribution < 1.29 is 9.59 Å². The summed E-state index contributed by atoms with van der Waals surface area (Å²) < 4.78 is 0. The molecule has 0 atom stereocenters. The number of anilines is 1. The van der Waals surface area contributed by atoms with Gasteiger partial charge in [-0.1, -0.05) is 72.3 Å². The number of aromatic nitrogens is 2. The molecule has 1 heterocycles. The molecule has 3 rings (SSSR count). The molecule has 1 aromatic heterocycles. The van der Waals surface area contributed by atoms with Gasteiger partial charge in [0.25, 0.3) is 17.4 Å². The van der Waals surface area contributed by atoms with Crippen molar-refractivity contribution in [3.8, 4) is 0 Å². The molecule has 0 spiro atoms. The number of H-pyrrole nitrogens is 1. The fourth-order valence-corrected chi connectivity index (χ4v) is 2.58. The van der Waals surface area contributed by atoms with E-state index >= 15 is 0 Å². The molecule has 0 bridgehead atoms. The summed E-state index contributed by atoms with van der Waals surface area (Å²) >= 11 is 5.88. The summed E-state index contributed by atoms with van der Waals surface area (Å²) in [6.07, 6.45) is 6.12. The van der Waals surface area contributed by atoms with Gasteiger partial charge in [-0.15, -0.1) is 0 Å². The first-order valence-electron chi connectivity index (χ1n) is 9.14. The number of halogens is 1. The van der Waals surface area contributed by atoms with Crippen LogP contribution in [-0.2, 0) is 4.79 Å². The molecule has 2 aromatic carbocycles. The Morgan fingerprint density at radius 3 is 2.39 bits per heavy atom. The van der Waals surface area contributed by atoms with Gasteiger partial charge in [0.2, 0.25) is 0 Å². The van der Waals surface area contributed by atoms with Crippen LogP contribution in [-0.4, -0.2) is 22.0 Å². The zero-order valence-corrected chi connectivity index (χ0v) is 16.9. The monoisotopic (exact) mass is 435 g/mol.